The molecule has 0 saturated carbocycles. The summed E-state index contributed by atoms with van der Waals surface area (Å²) in [5.74, 6) is -1.52. The highest BCUT2D eigenvalue weighted by molar-refractivity contribution is 5.87. The second-order valence-corrected chi connectivity index (χ2v) is 1.82. The molecule has 4 nitrogen and oxygen atoms in total. The van der Waals surface area contributed by atoms with E-state index in [2.05, 4.69) is 4.74 Å². The molecule has 4 heteroatoms. The molecule has 1 atom stereocenters. The van der Waals surface area contributed by atoms with Crippen molar-refractivity contribution in [3.63, 3.8) is 0 Å². The Morgan fingerprint density at radius 1 is 1.60 bits per heavy atom. The summed E-state index contributed by atoms with van der Waals surface area (Å²) in [5, 5.41) is 8.54. The topological polar surface area (TPSA) is 63.6 Å². The number of aliphatic hydroxyl groups is 1. The number of carbonyl (C=O) groups is 2. The van der Waals surface area contributed by atoms with Crippen LogP contribution in [0.4, 0.5) is 0 Å². The molecule has 0 heterocycles. The largest absolute Gasteiger partial charge is 0.391 e. The normalized spacial score (nSPS) is 12.3. The summed E-state index contributed by atoms with van der Waals surface area (Å²) in [4.78, 5) is 20.8. The Morgan fingerprint density at radius 3 is 2.40 bits per heavy atom. The minimum atomic E-state index is -1.23. The van der Waals surface area contributed by atoms with Crippen molar-refractivity contribution in [2.24, 2.45) is 0 Å². The number of aliphatic hydroxyl groups excluding tert-OH is 1. The zero-order valence-corrected chi connectivity index (χ0v) is 5.96. The van der Waals surface area contributed by atoms with E-state index >= 15 is 0 Å². The number of rotatable bonds is 2. The van der Waals surface area contributed by atoms with Crippen molar-refractivity contribution < 1.29 is 19.4 Å². The fourth-order valence-corrected chi connectivity index (χ4v) is 0.270. The van der Waals surface area contributed by atoms with Crippen LogP contribution in [-0.4, -0.2) is 23.1 Å². The summed E-state index contributed by atoms with van der Waals surface area (Å²) in [7, 11) is 0. The molecule has 1 unspecified atom stereocenters. The highest BCUT2D eigenvalue weighted by Gasteiger charge is 2.13. The van der Waals surface area contributed by atoms with Crippen molar-refractivity contribution >= 4 is 11.9 Å². The van der Waals surface area contributed by atoms with Gasteiger partial charge in [0.15, 0.2) is 0 Å². The van der Waals surface area contributed by atoms with Gasteiger partial charge < -0.3 is 9.84 Å². The molecule has 0 aromatic rings. The van der Waals surface area contributed by atoms with Crippen LogP contribution < -0.4 is 0 Å². The van der Waals surface area contributed by atoms with Crippen molar-refractivity contribution in [2.75, 3.05) is 0 Å². The van der Waals surface area contributed by atoms with Gasteiger partial charge in [0.05, 0.1) is 0 Å². The highest BCUT2D eigenvalue weighted by atomic mass is 16.6. The Labute approximate surface area is 58.8 Å². The number of esters is 2. The Kier molecular flexibility index (Phi) is 3.64. The van der Waals surface area contributed by atoms with Gasteiger partial charge in [0.2, 0.25) is 0 Å². The summed E-state index contributed by atoms with van der Waals surface area (Å²) >= 11 is 0. The maximum Gasteiger partial charge on any atom is 0.342 e. The van der Waals surface area contributed by atoms with Crippen LogP contribution in [-0.2, 0) is 14.3 Å². The molecule has 0 aliphatic carbocycles. The Bertz CT molecular complexity index is 139. The highest BCUT2D eigenvalue weighted by Crippen LogP contribution is 1.89. The van der Waals surface area contributed by atoms with Crippen molar-refractivity contribution in [2.45, 2.75) is 26.4 Å². The van der Waals surface area contributed by atoms with Gasteiger partial charge >= 0.3 is 11.9 Å². The van der Waals surface area contributed by atoms with E-state index in [4.69, 9.17) is 5.11 Å². The average Bonchev–Trinajstić information content (AvgIpc) is 1.87. The van der Waals surface area contributed by atoms with Crippen LogP contribution in [0.15, 0.2) is 0 Å². The summed E-state index contributed by atoms with van der Waals surface area (Å²) in [6, 6.07) is 0. The molecule has 0 aliphatic rings. The minimum Gasteiger partial charge on any atom is -0.391 e. The van der Waals surface area contributed by atoms with Crippen LogP contribution >= 0.6 is 0 Å². The first-order valence-corrected chi connectivity index (χ1v) is 3.00. The van der Waals surface area contributed by atoms with Crippen LogP contribution in [0.1, 0.15) is 20.3 Å². The van der Waals surface area contributed by atoms with Crippen molar-refractivity contribution in [3.8, 4) is 0 Å². The Balaban J connectivity index is 3.69. The second kappa shape index (κ2) is 4.00. The van der Waals surface area contributed by atoms with Gasteiger partial charge in [-0.3, -0.25) is 4.79 Å². The molecule has 0 spiro atoms. The first kappa shape index (κ1) is 9.10. The maximum absolute atomic E-state index is 10.4. The zero-order chi connectivity index (χ0) is 8.15. The van der Waals surface area contributed by atoms with Crippen LogP contribution in [0.3, 0.4) is 0 Å². The zero-order valence-electron chi connectivity index (χ0n) is 5.96. The summed E-state index contributed by atoms with van der Waals surface area (Å²) in [6.07, 6.45) is -1.09. The molecule has 0 aromatic heterocycles. The predicted molar refractivity (Wildman–Crippen MR) is 33.1 cm³/mol. The van der Waals surface area contributed by atoms with Crippen molar-refractivity contribution in [3.05, 3.63) is 0 Å². The van der Waals surface area contributed by atoms with Gasteiger partial charge in [0, 0.05) is 6.42 Å². The Hall–Kier alpha value is -0.900. The SMILES string of the molecule is CCC(=O)OC(=O)C(C)O. The lowest BCUT2D eigenvalue weighted by Crippen LogP contribution is -2.22. The molecule has 0 bridgehead atoms. The minimum absolute atomic E-state index is 0.137. The second-order valence-electron chi connectivity index (χ2n) is 1.82. The van der Waals surface area contributed by atoms with Gasteiger partial charge in [-0.05, 0) is 6.92 Å². The first-order chi connectivity index (χ1) is 4.57. The van der Waals surface area contributed by atoms with Gasteiger partial charge in [-0.1, -0.05) is 6.92 Å². The summed E-state index contributed by atoms with van der Waals surface area (Å²) in [5.41, 5.74) is 0. The lowest BCUT2D eigenvalue weighted by Gasteiger charge is -2.01. The molecule has 0 radical (unpaired) electrons. The molecule has 58 valence electrons. The molecular weight excluding hydrogens is 136 g/mol. The first-order valence-electron chi connectivity index (χ1n) is 3.00. The number of carbonyl (C=O) groups excluding carboxylic acids is 2. The van der Waals surface area contributed by atoms with Crippen molar-refractivity contribution in [1.29, 1.82) is 0 Å². The van der Waals surface area contributed by atoms with Crippen LogP contribution in [0, 0.1) is 0 Å². The van der Waals surface area contributed by atoms with E-state index in [9.17, 15) is 9.59 Å². The van der Waals surface area contributed by atoms with Gasteiger partial charge in [0.1, 0.15) is 6.10 Å². The third-order valence-electron chi connectivity index (χ3n) is 0.844. The lowest BCUT2D eigenvalue weighted by molar-refractivity contribution is -0.165. The summed E-state index contributed by atoms with van der Waals surface area (Å²) < 4.78 is 4.13. The fraction of sp³-hybridized carbons (Fsp3) is 0.667. The fourth-order valence-electron chi connectivity index (χ4n) is 0.270. The Morgan fingerprint density at radius 2 is 2.10 bits per heavy atom. The van der Waals surface area contributed by atoms with E-state index < -0.39 is 18.0 Å². The maximum atomic E-state index is 10.4. The summed E-state index contributed by atoms with van der Waals surface area (Å²) in [6.45, 7) is 2.81. The quantitative estimate of drug-likeness (QED) is 0.434. The molecule has 0 rings (SSSR count). The van der Waals surface area contributed by atoms with Crippen molar-refractivity contribution in [1.82, 2.24) is 0 Å². The van der Waals surface area contributed by atoms with Gasteiger partial charge in [0.25, 0.3) is 0 Å². The molecular formula is C6H10O4. The third-order valence-corrected chi connectivity index (χ3v) is 0.844. The van der Waals surface area contributed by atoms with E-state index in [1.807, 2.05) is 0 Å². The van der Waals surface area contributed by atoms with E-state index in [1.54, 1.807) is 6.92 Å². The lowest BCUT2D eigenvalue weighted by atomic mass is 10.4. The number of hydrogen-bond donors (Lipinski definition) is 1. The van der Waals surface area contributed by atoms with E-state index in [-0.39, 0.29) is 6.42 Å². The van der Waals surface area contributed by atoms with Crippen LogP contribution in [0.5, 0.6) is 0 Å². The smallest absolute Gasteiger partial charge is 0.342 e. The van der Waals surface area contributed by atoms with E-state index in [0.29, 0.717) is 0 Å². The molecule has 1 N–H and O–H groups in total. The van der Waals surface area contributed by atoms with E-state index in [0.717, 1.165) is 0 Å². The van der Waals surface area contributed by atoms with Gasteiger partial charge in [-0.15, -0.1) is 0 Å². The van der Waals surface area contributed by atoms with Crippen LogP contribution in [0.2, 0.25) is 0 Å². The average molecular weight is 146 g/mol. The molecule has 0 amide bonds. The molecule has 10 heavy (non-hydrogen) atoms. The number of hydrogen-bond acceptors (Lipinski definition) is 4. The van der Waals surface area contributed by atoms with Crippen LogP contribution in [0.25, 0.3) is 0 Å². The standard InChI is InChI=1S/C6H10O4/c1-3-5(8)10-6(9)4(2)7/h4,7H,3H2,1-2H3. The monoisotopic (exact) mass is 146 g/mol. The molecule has 0 fully saturated rings. The molecule has 0 aliphatic heterocycles. The number of ether oxygens (including phenoxy) is 1. The predicted octanol–water partition coefficient (Wildman–Crippen LogP) is -0.153. The third kappa shape index (κ3) is 3.19. The van der Waals surface area contributed by atoms with Gasteiger partial charge in [-0.25, -0.2) is 4.79 Å². The molecule has 0 saturated heterocycles. The molecule has 0 aromatic carbocycles. The van der Waals surface area contributed by atoms with Gasteiger partial charge in [-0.2, -0.15) is 0 Å². The van der Waals surface area contributed by atoms with E-state index in [1.165, 1.54) is 6.92 Å².